The summed E-state index contributed by atoms with van der Waals surface area (Å²) in [4.78, 5) is 17.7. The Hall–Kier alpha value is -3.76. The Morgan fingerprint density at radius 1 is 1.00 bits per heavy atom. The Balaban J connectivity index is 1.40. The highest BCUT2D eigenvalue weighted by Crippen LogP contribution is 2.37. The quantitative estimate of drug-likeness (QED) is 0.445. The number of rotatable bonds is 6. The van der Waals surface area contributed by atoms with E-state index in [0.717, 1.165) is 61.3 Å². The first-order chi connectivity index (χ1) is 16.5. The number of nitrogens with zero attached hydrogens (tertiary/aromatic N) is 7. The molecule has 176 valence electrons. The van der Waals surface area contributed by atoms with Crippen molar-refractivity contribution in [2.45, 2.75) is 6.54 Å². The van der Waals surface area contributed by atoms with E-state index in [0.29, 0.717) is 22.8 Å². The molecule has 4 N–H and O–H groups in total. The van der Waals surface area contributed by atoms with Gasteiger partial charge in [0.1, 0.15) is 17.1 Å². The van der Waals surface area contributed by atoms with Gasteiger partial charge in [-0.3, -0.25) is 9.58 Å². The van der Waals surface area contributed by atoms with E-state index in [-0.39, 0.29) is 5.95 Å². The molecule has 0 radical (unpaired) electrons. The predicted octanol–water partition coefficient (Wildman–Crippen LogP) is 1.98. The van der Waals surface area contributed by atoms with Gasteiger partial charge in [-0.1, -0.05) is 6.07 Å². The molecule has 1 aliphatic rings. The molecule has 1 fully saturated rings. The summed E-state index contributed by atoms with van der Waals surface area (Å²) in [6.07, 6.45) is 5.61. The Labute approximate surface area is 198 Å². The summed E-state index contributed by atoms with van der Waals surface area (Å²) in [5, 5.41) is 5.34. The van der Waals surface area contributed by atoms with Gasteiger partial charge in [-0.2, -0.15) is 5.10 Å². The first-order valence-electron chi connectivity index (χ1n) is 11.3. The third kappa shape index (κ3) is 4.37. The zero-order valence-corrected chi connectivity index (χ0v) is 19.5. The second kappa shape index (κ2) is 9.24. The zero-order valence-electron chi connectivity index (χ0n) is 19.5. The molecule has 3 aromatic heterocycles. The summed E-state index contributed by atoms with van der Waals surface area (Å²) in [6.45, 7) is 6.30. The van der Waals surface area contributed by atoms with Crippen LogP contribution in [-0.2, 0) is 6.54 Å². The van der Waals surface area contributed by atoms with Gasteiger partial charge in [0.2, 0.25) is 5.95 Å². The molecule has 1 aliphatic heterocycles. The molecule has 0 spiro atoms. The van der Waals surface area contributed by atoms with E-state index < -0.39 is 0 Å². The third-order valence-electron chi connectivity index (χ3n) is 6.32. The van der Waals surface area contributed by atoms with Gasteiger partial charge < -0.3 is 21.1 Å². The van der Waals surface area contributed by atoms with Crippen molar-refractivity contribution in [3.63, 3.8) is 0 Å². The highest BCUT2D eigenvalue weighted by Gasteiger charge is 2.17. The van der Waals surface area contributed by atoms with Crippen molar-refractivity contribution >= 4 is 22.7 Å². The van der Waals surface area contributed by atoms with E-state index in [2.05, 4.69) is 43.1 Å². The van der Waals surface area contributed by atoms with Crippen LogP contribution < -0.4 is 16.2 Å². The number of nitrogens with two attached hydrogens (primary N) is 2. The van der Waals surface area contributed by atoms with Crippen LogP contribution in [0, 0.1) is 0 Å². The SMILES string of the molecule is COc1cc(-c2cnn(CCN3CCN(C)CC3)c2)ccc1-c1nc(N)nc2c(N)nccc12. The highest BCUT2D eigenvalue weighted by atomic mass is 16.5. The predicted molar refractivity (Wildman–Crippen MR) is 133 cm³/mol. The number of pyridine rings is 1. The minimum atomic E-state index is 0.134. The van der Waals surface area contributed by atoms with Crippen molar-refractivity contribution in [1.29, 1.82) is 0 Å². The van der Waals surface area contributed by atoms with Crippen molar-refractivity contribution in [3.8, 4) is 28.1 Å². The van der Waals surface area contributed by atoms with Crippen LogP contribution in [0.1, 0.15) is 0 Å². The number of likely N-dealkylation sites (N-methyl/N-ethyl adjacent to an activating group) is 1. The summed E-state index contributed by atoms with van der Waals surface area (Å²) in [6, 6.07) is 7.84. The van der Waals surface area contributed by atoms with E-state index in [1.54, 1.807) is 13.3 Å². The smallest absolute Gasteiger partial charge is 0.221 e. The van der Waals surface area contributed by atoms with Crippen molar-refractivity contribution in [2.24, 2.45) is 0 Å². The molecule has 10 heteroatoms. The van der Waals surface area contributed by atoms with E-state index in [9.17, 15) is 0 Å². The number of ether oxygens (including phenoxy) is 1. The summed E-state index contributed by atoms with van der Waals surface area (Å²) in [5.41, 5.74) is 16.0. The van der Waals surface area contributed by atoms with Crippen LogP contribution >= 0.6 is 0 Å². The Bertz CT molecular complexity index is 1310. The lowest BCUT2D eigenvalue weighted by Crippen LogP contribution is -2.45. The second-order valence-electron chi connectivity index (χ2n) is 8.57. The topological polar surface area (TPSA) is 124 Å². The largest absolute Gasteiger partial charge is 0.496 e. The third-order valence-corrected chi connectivity index (χ3v) is 6.32. The first kappa shape index (κ1) is 22.1. The van der Waals surface area contributed by atoms with Crippen molar-refractivity contribution in [1.82, 2.24) is 34.5 Å². The lowest BCUT2D eigenvalue weighted by atomic mass is 10.0. The van der Waals surface area contributed by atoms with Crippen LogP contribution in [0.3, 0.4) is 0 Å². The van der Waals surface area contributed by atoms with Gasteiger partial charge in [-0.05, 0) is 30.8 Å². The summed E-state index contributed by atoms with van der Waals surface area (Å²) >= 11 is 0. The van der Waals surface area contributed by atoms with Crippen molar-refractivity contribution in [2.75, 3.05) is 58.3 Å². The van der Waals surface area contributed by atoms with E-state index in [4.69, 9.17) is 16.2 Å². The lowest BCUT2D eigenvalue weighted by molar-refractivity contribution is 0.149. The van der Waals surface area contributed by atoms with Crippen molar-refractivity contribution in [3.05, 3.63) is 42.9 Å². The number of methoxy groups -OCH3 is 1. The molecular formula is C24H29N9O. The van der Waals surface area contributed by atoms with E-state index >= 15 is 0 Å². The van der Waals surface area contributed by atoms with Crippen LogP contribution in [0.2, 0.25) is 0 Å². The molecule has 0 atom stereocenters. The van der Waals surface area contributed by atoms with Gasteiger partial charge in [-0.25, -0.2) is 15.0 Å². The average Bonchev–Trinajstić information content (AvgIpc) is 3.32. The number of fused-ring (bicyclic) bond motifs is 1. The van der Waals surface area contributed by atoms with Gasteiger partial charge in [0, 0.05) is 61.6 Å². The molecule has 4 aromatic rings. The molecule has 0 amide bonds. The van der Waals surface area contributed by atoms with E-state index in [1.807, 2.05) is 35.1 Å². The molecule has 4 heterocycles. The molecule has 1 aromatic carbocycles. The summed E-state index contributed by atoms with van der Waals surface area (Å²) < 4.78 is 7.74. The molecule has 34 heavy (non-hydrogen) atoms. The normalized spacial score (nSPS) is 15.1. The maximum absolute atomic E-state index is 6.02. The van der Waals surface area contributed by atoms with Crippen LogP contribution in [0.5, 0.6) is 5.75 Å². The average molecular weight is 460 g/mol. The van der Waals surface area contributed by atoms with Crippen LogP contribution in [-0.4, -0.2) is 81.4 Å². The first-order valence-corrected chi connectivity index (χ1v) is 11.3. The number of aromatic nitrogens is 5. The minimum absolute atomic E-state index is 0.134. The Morgan fingerprint density at radius 3 is 2.62 bits per heavy atom. The van der Waals surface area contributed by atoms with Gasteiger partial charge in [0.25, 0.3) is 0 Å². The maximum atomic E-state index is 6.02. The molecule has 1 saturated heterocycles. The number of nitrogen functional groups attached to an aromatic ring is 2. The fourth-order valence-corrected chi connectivity index (χ4v) is 4.32. The maximum Gasteiger partial charge on any atom is 0.221 e. The molecule has 0 aliphatic carbocycles. The molecule has 10 nitrogen and oxygen atoms in total. The van der Waals surface area contributed by atoms with Gasteiger partial charge in [0.15, 0.2) is 0 Å². The number of hydrogen-bond donors (Lipinski definition) is 2. The second-order valence-corrected chi connectivity index (χ2v) is 8.57. The lowest BCUT2D eigenvalue weighted by Gasteiger charge is -2.32. The van der Waals surface area contributed by atoms with Crippen LogP contribution in [0.4, 0.5) is 11.8 Å². The Morgan fingerprint density at radius 2 is 1.82 bits per heavy atom. The van der Waals surface area contributed by atoms with Gasteiger partial charge in [0.05, 0.1) is 25.5 Å². The van der Waals surface area contributed by atoms with E-state index in [1.165, 1.54) is 0 Å². The monoisotopic (exact) mass is 459 g/mol. The fraction of sp³-hybridized carbons (Fsp3) is 0.333. The standard InChI is InChI=1S/C24H29N9O/c1-31-7-9-32(10-8-31)11-12-33-15-17(14-28-33)16-3-4-18(20(13-16)34-2)21-19-5-6-27-23(25)22(19)30-24(26)29-21/h3-6,13-15H,7-12H2,1-2H3,(H2,25,27)(H2,26,29,30). The summed E-state index contributed by atoms with van der Waals surface area (Å²) in [7, 11) is 3.82. The fourth-order valence-electron chi connectivity index (χ4n) is 4.32. The Kier molecular flexibility index (Phi) is 5.99. The molecular weight excluding hydrogens is 430 g/mol. The van der Waals surface area contributed by atoms with Crippen LogP contribution in [0.25, 0.3) is 33.3 Å². The van der Waals surface area contributed by atoms with Crippen molar-refractivity contribution < 1.29 is 4.74 Å². The molecule has 5 rings (SSSR count). The number of benzene rings is 1. The summed E-state index contributed by atoms with van der Waals surface area (Å²) in [5.74, 6) is 1.12. The molecule has 0 unspecified atom stereocenters. The molecule has 0 bridgehead atoms. The number of hydrogen-bond acceptors (Lipinski definition) is 9. The van der Waals surface area contributed by atoms with Gasteiger partial charge in [-0.15, -0.1) is 0 Å². The minimum Gasteiger partial charge on any atom is -0.496 e. The highest BCUT2D eigenvalue weighted by molar-refractivity contribution is 5.99. The number of piperazine rings is 1. The van der Waals surface area contributed by atoms with Gasteiger partial charge >= 0.3 is 0 Å². The number of anilines is 2. The molecule has 0 saturated carbocycles. The van der Waals surface area contributed by atoms with Crippen LogP contribution in [0.15, 0.2) is 42.9 Å². The zero-order chi connectivity index (χ0) is 23.7.